The summed E-state index contributed by atoms with van der Waals surface area (Å²) in [6.45, 7) is 0.937. The van der Waals surface area contributed by atoms with Gasteiger partial charge in [-0.3, -0.25) is 0 Å². The molecule has 0 radical (unpaired) electrons. The molecule has 0 fully saturated rings. The molecule has 5 heteroatoms. The summed E-state index contributed by atoms with van der Waals surface area (Å²) >= 11 is 6.00. The predicted molar refractivity (Wildman–Crippen MR) is 85.2 cm³/mol. The number of benzene rings is 2. The lowest BCUT2D eigenvalue weighted by atomic mass is 10.1. The fraction of sp³-hybridized carbons (Fsp3) is 0.200. The summed E-state index contributed by atoms with van der Waals surface area (Å²) in [6.07, 6.45) is 0. The second-order valence-corrected chi connectivity index (χ2v) is 4.45. The number of ether oxygens (including phenoxy) is 2. The maximum Gasteiger partial charge on any atom is 0.161 e. The van der Waals surface area contributed by atoms with E-state index in [2.05, 4.69) is 0 Å². The van der Waals surface area contributed by atoms with Gasteiger partial charge in [-0.2, -0.15) is 0 Å². The van der Waals surface area contributed by atoms with Crippen LogP contribution in [-0.2, 0) is 0 Å². The van der Waals surface area contributed by atoms with Crippen LogP contribution in [0.4, 0.5) is 0 Å². The Bertz CT molecular complexity index is 561. The minimum absolute atomic E-state index is 0. The molecule has 0 spiro atoms. The van der Waals surface area contributed by atoms with Gasteiger partial charge >= 0.3 is 0 Å². The van der Waals surface area contributed by atoms with E-state index >= 15 is 0 Å². The Hall–Kier alpha value is -1.42. The average Bonchev–Trinajstić information content (AvgIpc) is 2.45. The monoisotopic (exact) mass is 313 g/mol. The molecule has 0 atom stereocenters. The highest BCUT2D eigenvalue weighted by Crippen LogP contribution is 2.33. The largest absolute Gasteiger partial charge is 0.493 e. The van der Waals surface area contributed by atoms with Gasteiger partial charge in [-0.05, 0) is 35.4 Å². The third-order valence-corrected chi connectivity index (χ3v) is 2.93. The van der Waals surface area contributed by atoms with Gasteiger partial charge < -0.3 is 15.2 Å². The molecule has 0 bridgehead atoms. The number of nitrogens with two attached hydrogens (primary N) is 1. The Morgan fingerprint density at radius 2 is 1.80 bits per heavy atom. The third-order valence-electron chi connectivity index (χ3n) is 2.70. The summed E-state index contributed by atoms with van der Waals surface area (Å²) in [6, 6.07) is 13.5. The first-order valence-corrected chi connectivity index (χ1v) is 6.39. The second kappa shape index (κ2) is 8.00. The van der Waals surface area contributed by atoms with E-state index in [9.17, 15) is 0 Å². The van der Waals surface area contributed by atoms with E-state index < -0.39 is 0 Å². The molecule has 108 valence electrons. The molecular weight excluding hydrogens is 297 g/mol. The number of hydrogen-bond donors (Lipinski definition) is 1. The SMILES string of the molecule is COc1cc(-c2cccc(Cl)c2)ccc1OCCN.Cl. The van der Waals surface area contributed by atoms with E-state index in [0.29, 0.717) is 29.7 Å². The van der Waals surface area contributed by atoms with Gasteiger partial charge in [-0.1, -0.05) is 29.8 Å². The van der Waals surface area contributed by atoms with Crippen LogP contribution in [0.5, 0.6) is 11.5 Å². The second-order valence-electron chi connectivity index (χ2n) is 4.01. The highest BCUT2D eigenvalue weighted by molar-refractivity contribution is 6.30. The van der Waals surface area contributed by atoms with Crippen LogP contribution in [-0.4, -0.2) is 20.3 Å². The fourth-order valence-corrected chi connectivity index (χ4v) is 1.99. The molecule has 0 amide bonds. The molecule has 0 heterocycles. The molecular formula is C15H17Cl2NO2. The van der Waals surface area contributed by atoms with Crippen LogP contribution >= 0.6 is 24.0 Å². The highest BCUT2D eigenvalue weighted by atomic mass is 35.5. The zero-order valence-corrected chi connectivity index (χ0v) is 12.7. The minimum Gasteiger partial charge on any atom is -0.493 e. The molecule has 0 aliphatic rings. The van der Waals surface area contributed by atoms with E-state index in [4.69, 9.17) is 26.8 Å². The molecule has 0 unspecified atom stereocenters. The summed E-state index contributed by atoms with van der Waals surface area (Å²) in [4.78, 5) is 0. The molecule has 2 aromatic carbocycles. The molecule has 0 saturated carbocycles. The minimum atomic E-state index is 0. The topological polar surface area (TPSA) is 44.5 Å². The lowest BCUT2D eigenvalue weighted by molar-refractivity contribution is 0.302. The zero-order valence-electron chi connectivity index (χ0n) is 11.1. The van der Waals surface area contributed by atoms with Gasteiger partial charge in [-0.15, -0.1) is 12.4 Å². The number of hydrogen-bond acceptors (Lipinski definition) is 3. The number of halogens is 2. The van der Waals surface area contributed by atoms with Gasteiger partial charge in [0.2, 0.25) is 0 Å². The maximum atomic E-state index is 6.00. The summed E-state index contributed by atoms with van der Waals surface area (Å²) in [7, 11) is 1.62. The van der Waals surface area contributed by atoms with Crippen LogP contribution in [0.2, 0.25) is 5.02 Å². The Labute approximate surface area is 130 Å². The van der Waals surface area contributed by atoms with Crippen molar-refractivity contribution in [1.29, 1.82) is 0 Å². The van der Waals surface area contributed by atoms with Gasteiger partial charge in [0.15, 0.2) is 11.5 Å². The quantitative estimate of drug-likeness (QED) is 0.913. The molecule has 0 saturated heterocycles. The van der Waals surface area contributed by atoms with Crippen LogP contribution in [0.25, 0.3) is 11.1 Å². The van der Waals surface area contributed by atoms with Gasteiger partial charge in [0.1, 0.15) is 6.61 Å². The van der Waals surface area contributed by atoms with Gasteiger partial charge in [-0.25, -0.2) is 0 Å². The predicted octanol–water partition coefficient (Wildman–Crippen LogP) is 3.77. The van der Waals surface area contributed by atoms with E-state index in [-0.39, 0.29) is 12.4 Å². The molecule has 0 aromatic heterocycles. The van der Waals surface area contributed by atoms with E-state index in [0.717, 1.165) is 11.1 Å². The van der Waals surface area contributed by atoms with E-state index in [1.807, 2.05) is 42.5 Å². The van der Waals surface area contributed by atoms with Crippen molar-refractivity contribution in [3.05, 3.63) is 47.5 Å². The normalized spacial score (nSPS) is 9.75. The van der Waals surface area contributed by atoms with Crippen molar-refractivity contribution in [1.82, 2.24) is 0 Å². The van der Waals surface area contributed by atoms with Crippen molar-refractivity contribution in [2.24, 2.45) is 5.73 Å². The molecule has 0 aliphatic heterocycles. The summed E-state index contributed by atoms with van der Waals surface area (Å²) < 4.78 is 10.9. The van der Waals surface area contributed by atoms with Crippen LogP contribution in [0.15, 0.2) is 42.5 Å². The lowest BCUT2D eigenvalue weighted by Crippen LogP contribution is -2.11. The van der Waals surface area contributed by atoms with Crippen molar-refractivity contribution >= 4 is 24.0 Å². The fourth-order valence-electron chi connectivity index (χ4n) is 1.80. The molecule has 3 nitrogen and oxygen atoms in total. The average molecular weight is 314 g/mol. The van der Waals surface area contributed by atoms with Crippen molar-refractivity contribution < 1.29 is 9.47 Å². The molecule has 2 rings (SSSR count). The first-order chi connectivity index (χ1) is 9.24. The molecule has 0 aliphatic carbocycles. The van der Waals surface area contributed by atoms with E-state index in [1.165, 1.54) is 0 Å². The lowest BCUT2D eigenvalue weighted by Gasteiger charge is -2.12. The van der Waals surface area contributed by atoms with Crippen molar-refractivity contribution in [2.75, 3.05) is 20.3 Å². The first kappa shape index (κ1) is 16.6. The summed E-state index contributed by atoms with van der Waals surface area (Å²) in [5, 5.41) is 0.708. The van der Waals surface area contributed by atoms with Crippen LogP contribution < -0.4 is 15.2 Å². The molecule has 2 N–H and O–H groups in total. The summed E-state index contributed by atoms with van der Waals surface area (Å²) in [5.74, 6) is 1.38. The van der Waals surface area contributed by atoms with Crippen molar-refractivity contribution in [3.8, 4) is 22.6 Å². The van der Waals surface area contributed by atoms with E-state index in [1.54, 1.807) is 7.11 Å². The Balaban J connectivity index is 0.00000200. The van der Waals surface area contributed by atoms with Gasteiger partial charge in [0.25, 0.3) is 0 Å². The van der Waals surface area contributed by atoms with Gasteiger partial charge in [0.05, 0.1) is 7.11 Å². The number of methoxy groups -OCH3 is 1. The van der Waals surface area contributed by atoms with Crippen LogP contribution in [0, 0.1) is 0 Å². The Morgan fingerprint density at radius 3 is 2.45 bits per heavy atom. The third kappa shape index (κ3) is 4.04. The first-order valence-electron chi connectivity index (χ1n) is 6.01. The van der Waals surface area contributed by atoms with Crippen molar-refractivity contribution in [2.45, 2.75) is 0 Å². The number of rotatable bonds is 5. The highest BCUT2D eigenvalue weighted by Gasteiger charge is 2.07. The Kier molecular flexibility index (Phi) is 6.65. The summed E-state index contributed by atoms with van der Waals surface area (Å²) in [5.41, 5.74) is 7.49. The zero-order chi connectivity index (χ0) is 13.7. The van der Waals surface area contributed by atoms with Gasteiger partial charge in [0, 0.05) is 11.6 Å². The smallest absolute Gasteiger partial charge is 0.161 e. The standard InChI is InChI=1S/C15H16ClNO2.ClH/c1-18-15-10-12(5-6-14(15)19-8-7-17)11-3-2-4-13(16)9-11;/h2-6,9-10H,7-8,17H2,1H3;1H. The molecule has 2 aromatic rings. The van der Waals surface area contributed by atoms with Crippen LogP contribution in [0.1, 0.15) is 0 Å². The van der Waals surface area contributed by atoms with Crippen LogP contribution in [0.3, 0.4) is 0 Å². The van der Waals surface area contributed by atoms with Crippen molar-refractivity contribution in [3.63, 3.8) is 0 Å². The maximum absolute atomic E-state index is 6.00. The Morgan fingerprint density at radius 1 is 1.05 bits per heavy atom. The molecule has 20 heavy (non-hydrogen) atoms.